The van der Waals surface area contributed by atoms with Gasteiger partial charge in [0, 0.05) is 13.2 Å². The van der Waals surface area contributed by atoms with E-state index < -0.39 is 29.0 Å². The zero-order chi connectivity index (χ0) is 16.8. The smallest absolute Gasteiger partial charge is 0.396 e. The number of hydrogen-bond acceptors (Lipinski definition) is 2. The molecule has 7 heteroatoms. The van der Waals surface area contributed by atoms with Crippen molar-refractivity contribution in [2.45, 2.75) is 32.4 Å². The molecule has 1 aromatic carbocycles. The Hall–Kier alpha value is -1.63. The van der Waals surface area contributed by atoms with E-state index >= 15 is 0 Å². The molecule has 1 amide bonds. The second-order valence-electron chi connectivity index (χ2n) is 5.04. The minimum Gasteiger partial charge on any atom is -0.396 e. The number of aliphatic hydroxyl groups is 1. The van der Waals surface area contributed by atoms with E-state index in [2.05, 4.69) is 5.32 Å². The van der Waals surface area contributed by atoms with Crippen LogP contribution in [0, 0.1) is 11.7 Å². The van der Waals surface area contributed by atoms with Crippen molar-refractivity contribution in [1.29, 1.82) is 0 Å². The number of carbonyl (C=O) groups is 1. The largest absolute Gasteiger partial charge is 0.419 e. The predicted octanol–water partition coefficient (Wildman–Crippen LogP) is 3.37. The Morgan fingerprint density at radius 2 is 2.00 bits per heavy atom. The van der Waals surface area contributed by atoms with Gasteiger partial charge in [0.2, 0.25) is 0 Å². The standard InChI is InChI=1S/C15H19F4NO2/c1-2-4-10(7-8-21)9-20-14(22)11-5-3-6-12(13(11)16)15(17,18)19/h3,5-6,10,21H,2,4,7-9H2,1H3,(H,20,22). The molecule has 0 aliphatic heterocycles. The molecule has 2 N–H and O–H groups in total. The molecule has 124 valence electrons. The monoisotopic (exact) mass is 321 g/mol. The van der Waals surface area contributed by atoms with E-state index in [1.54, 1.807) is 0 Å². The predicted molar refractivity (Wildman–Crippen MR) is 73.8 cm³/mol. The highest BCUT2D eigenvalue weighted by atomic mass is 19.4. The van der Waals surface area contributed by atoms with Crippen molar-refractivity contribution >= 4 is 5.91 Å². The molecule has 0 radical (unpaired) electrons. The van der Waals surface area contributed by atoms with Crippen LogP contribution in [0.5, 0.6) is 0 Å². The molecule has 0 bridgehead atoms. The van der Waals surface area contributed by atoms with Gasteiger partial charge in [0.1, 0.15) is 5.82 Å². The average molecular weight is 321 g/mol. The third-order valence-electron chi connectivity index (χ3n) is 3.33. The first-order valence-electron chi connectivity index (χ1n) is 7.06. The van der Waals surface area contributed by atoms with Crippen LogP contribution in [0.2, 0.25) is 0 Å². The van der Waals surface area contributed by atoms with Crippen LogP contribution < -0.4 is 5.32 Å². The number of hydrogen-bond donors (Lipinski definition) is 2. The summed E-state index contributed by atoms with van der Waals surface area (Å²) < 4.78 is 51.6. The van der Waals surface area contributed by atoms with Crippen LogP contribution in [0.1, 0.15) is 42.1 Å². The molecule has 0 aromatic heterocycles. The molecular formula is C15H19F4NO2. The highest BCUT2D eigenvalue weighted by molar-refractivity contribution is 5.94. The van der Waals surface area contributed by atoms with Crippen LogP contribution in [0.3, 0.4) is 0 Å². The summed E-state index contributed by atoms with van der Waals surface area (Å²) >= 11 is 0. The second kappa shape index (κ2) is 8.12. The maximum atomic E-state index is 13.8. The molecule has 0 heterocycles. The van der Waals surface area contributed by atoms with Crippen LogP contribution in [0.4, 0.5) is 17.6 Å². The molecule has 1 rings (SSSR count). The first-order valence-corrected chi connectivity index (χ1v) is 7.06. The maximum Gasteiger partial charge on any atom is 0.419 e. The van der Waals surface area contributed by atoms with Gasteiger partial charge in [0.05, 0.1) is 11.1 Å². The van der Waals surface area contributed by atoms with Gasteiger partial charge in [-0.3, -0.25) is 4.79 Å². The molecule has 3 nitrogen and oxygen atoms in total. The lowest BCUT2D eigenvalue weighted by atomic mass is 10.00. The van der Waals surface area contributed by atoms with Crippen molar-refractivity contribution in [1.82, 2.24) is 5.32 Å². The van der Waals surface area contributed by atoms with Crippen molar-refractivity contribution in [2.24, 2.45) is 5.92 Å². The number of nitrogens with one attached hydrogen (secondary N) is 1. The zero-order valence-corrected chi connectivity index (χ0v) is 12.2. The van der Waals surface area contributed by atoms with Crippen LogP contribution in [-0.4, -0.2) is 24.2 Å². The normalized spacial score (nSPS) is 13.0. The van der Waals surface area contributed by atoms with Gasteiger partial charge in [0.25, 0.3) is 5.91 Å². The minimum atomic E-state index is -4.85. The van der Waals surface area contributed by atoms with Gasteiger partial charge in [0.15, 0.2) is 0 Å². The summed E-state index contributed by atoms with van der Waals surface area (Å²) in [6.45, 7) is 2.08. The van der Waals surface area contributed by atoms with E-state index in [9.17, 15) is 22.4 Å². The molecule has 0 aliphatic carbocycles. The number of amides is 1. The number of aliphatic hydroxyl groups excluding tert-OH is 1. The summed E-state index contributed by atoms with van der Waals surface area (Å²) in [5.41, 5.74) is -2.09. The lowest BCUT2D eigenvalue weighted by molar-refractivity contribution is -0.140. The van der Waals surface area contributed by atoms with Gasteiger partial charge >= 0.3 is 6.18 Å². The fourth-order valence-electron chi connectivity index (χ4n) is 2.20. The Balaban J connectivity index is 2.82. The number of carbonyl (C=O) groups excluding carboxylic acids is 1. The number of alkyl halides is 3. The molecular weight excluding hydrogens is 302 g/mol. The zero-order valence-electron chi connectivity index (χ0n) is 12.2. The Labute approximate surface area is 126 Å². The van der Waals surface area contributed by atoms with Gasteiger partial charge in [-0.1, -0.05) is 19.4 Å². The van der Waals surface area contributed by atoms with Crippen LogP contribution in [0.15, 0.2) is 18.2 Å². The highest BCUT2D eigenvalue weighted by Crippen LogP contribution is 2.32. The summed E-state index contributed by atoms with van der Waals surface area (Å²) in [4.78, 5) is 11.9. The highest BCUT2D eigenvalue weighted by Gasteiger charge is 2.35. The van der Waals surface area contributed by atoms with Gasteiger partial charge in [-0.2, -0.15) is 13.2 Å². The van der Waals surface area contributed by atoms with Crippen molar-refractivity contribution in [3.8, 4) is 0 Å². The van der Waals surface area contributed by atoms with Crippen molar-refractivity contribution in [3.05, 3.63) is 35.1 Å². The van der Waals surface area contributed by atoms with Gasteiger partial charge in [-0.05, 0) is 30.9 Å². The molecule has 0 spiro atoms. The molecule has 1 unspecified atom stereocenters. The van der Waals surface area contributed by atoms with Gasteiger partial charge < -0.3 is 10.4 Å². The van der Waals surface area contributed by atoms with Gasteiger partial charge in [-0.15, -0.1) is 0 Å². The van der Waals surface area contributed by atoms with Crippen molar-refractivity contribution in [3.63, 3.8) is 0 Å². The topological polar surface area (TPSA) is 49.3 Å². The van der Waals surface area contributed by atoms with E-state index in [0.29, 0.717) is 12.5 Å². The Morgan fingerprint density at radius 3 is 2.55 bits per heavy atom. The lowest BCUT2D eigenvalue weighted by Crippen LogP contribution is -2.31. The van der Waals surface area contributed by atoms with Crippen molar-refractivity contribution < 1.29 is 27.5 Å². The van der Waals surface area contributed by atoms with Crippen molar-refractivity contribution in [2.75, 3.05) is 13.2 Å². The Bertz CT molecular complexity index is 497. The van der Waals surface area contributed by atoms with Crippen LogP contribution in [0.25, 0.3) is 0 Å². The molecule has 0 fully saturated rings. The second-order valence-corrected chi connectivity index (χ2v) is 5.04. The fourth-order valence-corrected chi connectivity index (χ4v) is 2.20. The quantitative estimate of drug-likeness (QED) is 0.757. The minimum absolute atomic E-state index is 0.00723. The van der Waals surface area contributed by atoms with E-state index in [1.165, 1.54) is 0 Å². The lowest BCUT2D eigenvalue weighted by Gasteiger charge is -2.16. The average Bonchev–Trinajstić information content (AvgIpc) is 2.44. The summed E-state index contributed by atoms with van der Waals surface area (Å²) in [7, 11) is 0. The van der Waals surface area contributed by atoms with E-state index in [4.69, 9.17) is 5.11 Å². The maximum absolute atomic E-state index is 13.8. The molecule has 1 aromatic rings. The summed E-state index contributed by atoms with van der Waals surface area (Å²) in [6, 6.07) is 2.61. The van der Waals surface area contributed by atoms with Gasteiger partial charge in [-0.25, -0.2) is 4.39 Å². The van der Waals surface area contributed by atoms with E-state index in [0.717, 1.165) is 25.0 Å². The Morgan fingerprint density at radius 1 is 1.32 bits per heavy atom. The molecule has 1 atom stereocenters. The number of halogens is 4. The molecule has 0 saturated carbocycles. The third-order valence-corrected chi connectivity index (χ3v) is 3.33. The molecule has 0 saturated heterocycles. The third kappa shape index (κ3) is 4.98. The van der Waals surface area contributed by atoms with E-state index in [1.807, 2.05) is 6.92 Å². The summed E-state index contributed by atoms with van der Waals surface area (Å²) in [5.74, 6) is -2.45. The Kier molecular flexibility index (Phi) is 6.80. The van der Waals surface area contributed by atoms with Crippen LogP contribution in [-0.2, 0) is 6.18 Å². The number of rotatable bonds is 7. The number of benzene rings is 1. The summed E-state index contributed by atoms with van der Waals surface area (Å²) in [5, 5.41) is 11.3. The molecule has 22 heavy (non-hydrogen) atoms. The van der Waals surface area contributed by atoms with E-state index in [-0.39, 0.29) is 19.1 Å². The van der Waals surface area contributed by atoms with Crippen LogP contribution >= 0.6 is 0 Å². The SMILES string of the molecule is CCCC(CCO)CNC(=O)c1cccc(C(F)(F)F)c1F. The first-order chi connectivity index (χ1) is 10.3. The fraction of sp³-hybridized carbons (Fsp3) is 0.533. The molecule has 0 aliphatic rings. The summed E-state index contributed by atoms with van der Waals surface area (Å²) in [6.07, 6.45) is -2.77. The first kappa shape index (κ1) is 18.4.